The Hall–Kier alpha value is -2.86. The topological polar surface area (TPSA) is 63.0 Å². The Balaban J connectivity index is 1.69. The van der Waals surface area contributed by atoms with Crippen LogP contribution in [-0.2, 0) is 5.75 Å². The lowest BCUT2D eigenvalue weighted by Gasteiger charge is -2.03. The molecule has 4 aromatic rings. The molecule has 5 nitrogen and oxygen atoms in total. The quantitative estimate of drug-likeness (QED) is 0.558. The van der Waals surface area contributed by atoms with Gasteiger partial charge in [-0.15, -0.1) is 5.10 Å². The van der Waals surface area contributed by atoms with E-state index in [0.29, 0.717) is 10.7 Å². The number of aromatic amines is 1. The minimum Gasteiger partial charge on any atom is -0.266 e. The van der Waals surface area contributed by atoms with Gasteiger partial charge in [-0.3, -0.25) is 4.79 Å². The van der Waals surface area contributed by atoms with Crippen LogP contribution in [0.1, 0.15) is 16.7 Å². The third-order valence-electron chi connectivity index (χ3n) is 4.21. The maximum absolute atomic E-state index is 12.2. The number of hydrogen-bond donors (Lipinski definition) is 1. The maximum atomic E-state index is 12.2. The molecule has 0 saturated carbocycles. The molecule has 0 aliphatic rings. The predicted octanol–water partition coefficient (Wildman–Crippen LogP) is 3.99. The van der Waals surface area contributed by atoms with Gasteiger partial charge < -0.3 is 0 Å². The molecular formula is C20H18N4OS. The summed E-state index contributed by atoms with van der Waals surface area (Å²) in [6.45, 7) is 4.11. The molecule has 0 spiro atoms. The molecule has 2 aromatic carbocycles. The number of thioether (sulfide) groups is 1. The number of rotatable bonds is 4. The van der Waals surface area contributed by atoms with Gasteiger partial charge in [0.05, 0.1) is 5.69 Å². The van der Waals surface area contributed by atoms with Crippen molar-refractivity contribution in [2.45, 2.75) is 24.8 Å². The van der Waals surface area contributed by atoms with Crippen molar-refractivity contribution >= 4 is 17.3 Å². The zero-order valence-electron chi connectivity index (χ0n) is 14.6. The predicted molar refractivity (Wildman–Crippen MR) is 105 cm³/mol. The first-order chi connectivity index (χ1) is 12.6. The number of fused-ring (bicyclic) bond motifs is 1. The summed E-state index contributed by atoms with van der Waals surface area (Å²) in [6, 6.07) is 18.3. The van der Waals surface area contributed by atoms with Gasteiger partial charge in [0, 0.05) is 11.3 Å². The summed E-state index contributed by atoms with van der Waals surface area (Å²) in [4.78, 5) is 12.2. The average molecular weight is 362 g/mol. The van der Waals surface area contributed by atoms with E-state index in [1.165, 1.54) is 16.7 Å². The standard InChI is InChI=1S/C20H18N4OS/c1-13-3-7-15(8-4-13)12-26-20-22-21-19(25)18-11-17(23-24(18)20)16-9-5-14(2)6-10-16/h3-11H,12H2,1-2H3,(H,21,25). The molecule has 0 aliphatic heterocycles. The fraction of sp³-hybridized carbons (Fsp3) is 0.150. The Bertz CT molecular complexity index is 1110. The van der Waals surface area contributed by atoms with Crippen LogP contribution in [0.25, 0.3) is 16.8 Å². The van der Waals surface area contributed by atoms with Gasteiger partial charge in [0.2, 0.25) is 5.16 Å². The highest BCUT2D eigenvalue weighted by atomic mass is 32.2. The van der Waals surface area contributed by atoms with E-state index >= 15 is 0 Å². The summed E-state index contributed by atoms with van der Waals surface area (Å²) in [6.07, 6.45) is 0. The molecule has 0 atom stereocenters. The van der Waals surface area contributed by atoms with Crippen molar-refractivity contribution in [1.29, 1.82) is 0 Å². The lowest BCUT2D eigenvalue weighted by atomic mass is 10.1. The second-order valence-corrected chi connectivity index (χ2v) is 7.24. The Labute approximate surface area is 155 Å². The van der Waals surface area contributed by atoms with Crippen LogP contribution >= 0.6 is 11.8 Å². The first kappa shape index (κ1) is 16.6. The van der Waals surface area contributed by atoms with E-state index in [-0.39, 0.29) is 5.56 Å². The van der Waals surface area contributed by atoms with Crippen LogP contribution in [0.4, 0.5) is 0 Å². The highest BCUT2D eigenvalue weighted by molar-refractivity contribution is 7.98. The number of aromatic nitrogens is 4. The summed E-state index contributed by atoms with van der Waals surface area (Å²) in [7, 11) is 0. The molecule has 26 heavy (non-hydrogen) atoms. The second-order valence-electron chi connectivity index (χ2n) is 6.30. The van der Waals surface area contributed by atoms with Crippen LogP contribution in [0, 0.1) is 13.8 Å². The molecule has 6 heteroatoms. The van der Waals surface area contributed by atoms with E-state index in [1.54, 1.807) is 22.3 Å². The van der Waals surface area contributed by atoms with Crippen LogP contribution in [0.3, 0.4) is 0 Å². The lowest BCUT2D eigenvalue weighted by molar-refractivity contribution is 0.728. The van der Waals surface area contributed by atoms with E-state index < -0.39 is 0 Å². The highest BCUT2D eigenvalue weighted by Gasteiger charge is 2.12. The largest absolute Gasteiger partial charge is 0.290 e. The summed E-state index contributed by atoms with van der Waals surface area (Å²) < 4.78 is 1.63. The fourth-order valence-electron chi connectivity index (χ4n) is 2.68. The van der Waals surface area contributed by atoms with Gasteiger partial charge in [-0.05, 0) is 25.5 Å². The van der Waals surface area contributed by atoms with E-state index in [0.717, 1.165) is 17.0 Å². The van der Waals surface area contributed by atoms with Gasteiger partial charge >= 0.3 is 0 Å². The first-order valence-corrected chi connectivity index (χ1v) is 9.32. The number of benzene rings is 2. The molecule has 0 fully saturated rings. The van der Waals surface area contributed by atoms with Gasteiger partial charge in [0.1, 0.15) is 5.52 Å². The van der Waals surface area contributed by atoms with Crippen LogP contribution in [-0.4, -0.2) is 19.8 Å². The SMILES string of the molecule is Cc1ccc(CSc2n[nH]c(=O)c3cc(-c4ccc(C)cc4)nn23)cc1. The zero-order valence-corrected chi connectivity index (χ0v) is 15.4. The molecule has 0 saturated heterocycles. The van der Waals surface area contributed by atoms with Crippen molar-refractivity contribution in [3.63, 3.8) is 0 Å². The Morgan fingerprint density at radius 3 is 2.35 bits per heavy atom. The van der Waals surface area contributed by atoms with Crippen molar-refractivity contribution in [3.8, 4) is 11.3 Å². The number of aryl methyl sites for hydroxylation is 2. The van der Waals surface area contributed by atoms with Crippen molar-refractivity contribution in [2.24, 2.45) is 0 Å². The first-order valence-electron chi connectivity index (χ1n) is 8.34. The van der Waals surface area contributed by atoms with Crippen LogP contribution in [0.2, 0.25) is 0 Å². The van der Waals surface area contributed by atoms with Gasteiger partial charge in [-0.2, -0.15) is 5.10 Å². The molecule has 4 rings (SSSR count). The Kier molecular flexibility index (Phi) is 4.34. The molecule has 2 aromatic heterocycles. The minimum atomic E-state index is -0.240. The smallest absolute Gasteiger partial charge is 0.266 e. The summed E-state index contributed by atoms with van der Waals surface area (Å²) >= 11 is 1.55. The average Bonchev–Trinajstić information content (AvgIpc) is 3.10. The van der Waals surface area contributed by atoms with E-state index in [4.69, 9.17) is 0 Å². The molecule has 0 unspecified atom stereocenters. The normalized spacial score (nSPS) is 11.2. The van der Waals surface area contributed by atoms with Crippen molar-refractivity contribution in [2.75, 3.05) is 0 Å². The number of nitrogens with one attached hydrogen (secondary N) is 1. The summed E-state index contributed by atoms with van der Waals surface area (Å²) in [5.74, 6) is 0.758. The van der Waals surface area contributed by atoms with Crippen molar-refractivity contribution < 1.29 is 0 Å². The molecule has 1 N–H and O–H groups in total. The lowest BCUT2D eigenvalue weighted by Crippen LogP contribution is -2.13. The summed E-state index contributed by atoms with van der Waals surface area (Å²) in [5, 5.41) is 12.0. The number of nitrogens with zero attached hydrogens (tertiary/aromatic N) is 3. The van der Waals surface area contributed by atoms with E-state index in [2.05, 4.69) is 46.5 Å². The molecule has 2 heterocycles. The summed E-state index contributed by atoms with van der Waals surface area (Å²) in [5.41, 5.74) is 5.63. The number of H-pyrrole nitrogens is 1. The Morgan fingerprint density at radius 2 is 1.65 bits per heavy atom. The fourth-order valence-corrected chi connectivity index (χ4v) is 3.54. The van der Waals surface area contributed by atoms with Crippen molar-refractivity contribution in [1.82, 2.24) is 19.8 Å². The third kappa shape index (κ3) is 3.28. The van der Waals surface area contributed by atoms with Crippen LogP contribution < -0.4 is 5.56 Å². The van der Waals surface area contributed by atoms with Gasteiger partial charge in [0.15, 0.2) is 0 Å². The second kappa shape index (κ2) is 6.80. The van der Waals surface area contributed by atoms with E-state index in [1.807, 2.05) is 31.2 Å². The van der Waals surface area contributed by atoms with Gasteiger partial charge in [-0.25, -0.2) is 9.61 Å². The van der Waals surface area contributed by atoms with Gasteiger partial charge in [0.25, 0.3) is 5.56 Å². The molecule has 0 amide bonds. The van der Waals surface area contributed by atoms with E-state index in [9.17, 15) is 4.79 Å². The molecule has 0 bridgehead atoms. The molecule has 0 aliphatic carbocycles. The Morgan fingerprint density at radius 1 is 1.00 bits per heavy atom. The maximum Gasteiger partial charge on any atom is 0.290 e. The van der Waals surface area contributed by atoms with Crippen LogP contribution in [0.15, 0.2) is 64.5 Å². The molecule has 130 valence electrons. The third-order valence-corrected chi connectivity index (χ3v) is 5.21. The minimum absolute atomic E-state index is 0.240. The highest BCUT2D eigenvalue weighted by Crippen LogP contribution is 2.24. The number of hydrogen-bond acceptors (Lipinski definition) is 4. The van der Waals surface area contributed by atoms with Gasteiger partial charge in [-0.1, -0.05) is 71.4 Å². The monoisotopic (exact) mass is 362 g/mol. The van der Waals surface area contributed by atoms with Crippen molar-refractivity contribution in [3.05, 3.63) is 81.6 Å². The zero-order chi connectivity index (χ0) is 18.1. The molecular weight excluding hydrogens is 344 g/mol. The van der Waals surface area contributed by atoms with Crippen LogP contribution in [0.5, 0.6) is 0 Å². The molecule has 0 radical (unpaired) electrons.